The number of hydrogen-bond donors (Lipinski definition) is 2. The topological polar surface area (TPSA) is 41.1 Å². The normalized spacial score (nSPS) is 18.5. The van der Waals surface area contributed by atoms with Crippen molar-refractivity contribution < 1.29 is 4.79 Å². The van der Waals surface area contributed by atoms with Crippen molar-refractivity contribution in [1.29, 1.82) is 0 Å². The van der Waals surface area contributed by atoms with Crippen LogP contribution in [0.15, 0.2) is 24.3 Å². The van der Waals surface area contributed by atoms with E-state index in [1.165, 1.54) is 17.5 Å². The third kappa shape index (κ3) is 5.98. The molecule has 2 N–H and O–H groups in total. The Labute approximate surface area is 140 Å². The number of amides is 1. The molecule has 1 heterocycles. The van der Waals surface area contributed by atoms with Gasteiger partial charge in [0.1, 0.15) is 0 Å². The molecule has 1 aromatic rings. The first-order valence-corrected chi connectivity index (χ1v) is 8.25. The molecule has 0 saturated carbocycles. The van der Waals surface area contributed by atoms with Crippen molar-refractivity contribution in [3.8, 4) is 0 Å². The van der Waals surface area contributed by atoms with Crippen molar-refractivity contribution in [3.05, 3.63) is 35.4 Å². The van der Waals surface area contributed by atoms with Crippen LogP contribution in [0.1, 0.15) is 50.2 Å². The molecule has 2 atom stereocenters. The van der Waals surface area contributed by atoms with Gasteiger partial charge in [0.25, 0.3) is 0 Å². The van der Waals surface area contributed by atoms with Crippen LogP contribution in [0.25, 0.3) is 0 Å². The zero-order valence-corrected chi connectivity index (χ0v) is 14.5. The second-order valence-corrected chi connectivity index (χ2v) is 6.20. The van der Waals surface area contributed by atoms with Crippen LogP contribution in [-0.4, -0.2) is 25.5 Å². The van der Waals surface area contributed by atoms with Gasteiger partial charge >= 0.3 is 0 Å². The third-order valence-corrected chi connectivity index (χ3v) is 4.49. The van der Waals surface area contributed by atoms with Crippen molar-refractivity contribution in [3.63, 3.8) is 0 Å². The van der Waals surface area contributed by atoms with Crippen LogP contribution >= 0.6 is 12.4 Å². The van der Waals surface area contributed by atoms with Crippen LogP contribution in [0.2, 0.25) is 0 Å². The highest BCUT2D eigenvalue weighted by molar-refractivity contribution is 5.85. The third-order valence-electron chi connectivity index (χ3n) is 4.49. The first-order chi connectivity index (χ1) is 10.2. The number of carbonyl (C=O) groups excluding carboxylic acids is 1. The van der Waals surface area contributed by atoms with E-state index in [0.717, 1.165) is 38.4 Å². The summed E-state index contributed by atoms with van der Waals surface area (Å²) in [5, 5.41) is 6.43. The van der Waals surface area contributed by atoms with Crippen molar-refractivity contribution in [2.24, 2.45) is 5.92 Å². The van der Waals surface area contributed by atoms with Gasteiger partial charge in [-0.1, -0.05) is 38.1 Å². The lowest BCUT2D eigenvalue weighted by atomic mass is 9.96. The van der Waals surface area contributed by atoms with E-state index in [2.05, 4.69) is 48.7 Å². The summed E-state index contributed by atoms with van der Waals surface area (Å²) in [7, 11) is 0. The maximum absolute atomic E-state index is 12.0. The average molecular weight is 325 g/mol. The number of benzene rings is 1. The van der Waals surface area contributed by atoms with E-state index in [4.69, 9.17) is 0 Å². The Kier molecular flexibility index (Phi) is 8.51. The molecule has 4 heteroatoms. The van der Waals surface area contributed by atoms with Crippen molar-refractivity contribution >= 4 is 18.3 Å². The minimum atomic E-state index is 0. The summed E-state index contributed by atoms with van der Waals surface area (Å²) in [4.78, 5) is 12.0. The van der Waals surface area contributed by atoms with E-state index >= 15 is 0 Å². The zero-order chi connectivity index (χ0) is 15.1. The fraction of sp³-hybridized carbons (Fsp3) is 0.611. The maximum atomic E-state index is 12.0. The molecule has 0 spiro atoms. The summed E-state index contributed by atoms with van der Waals surface area (Å²) >= 11 is 0. The molecule has 0 aromatic heterocycles. The molecule has 22 heavy (non-hydrogen) atoms. The summed E-state index contributed by atoms with van der Waals surface area (Å²) in [5.74, 6) is 1.20. The SMILES string of the molecule is CCc1ccc(C(C)CC(=O)NCCC2CCNC2)cc1.Cl. The van der Waals surface area contributed by atoms with Crippen molar-refractivity contribution in [1.82, 2.24) is 10.6 Å². The van der Waals surface area contributed by atoms with Crippen LogP contribution in [0.4, 0.5) is 0 Å². The van der Waals surface area contributed by atoms with E-state index < -0.39 is 0 Å². The Bertz CT molecular complexity index is 441. The smallest absolute Gasteiger partial charge is 0.220 e. The molecule has 2 rings (SSSR count). The first kappa shape index (κ1) is 19.0. The lowest BCUT2D eigenvalue weighted by Gasteiger charge is -2.13. The summed E-state index contributed by atoms with van der Waals surface area (Å²) in [6, 6.07) is 8.63. The molecule has 0 bridgehead atoms. The number of rotatable bonds is 7. The van der Waals surface area contributed by atoms with Gasteiger partial charge in [-0.3, -0.25) is 4.79 Å². The van der Waals surface area contributed by atoms with Crippen LogP contribution in [0.3, 0.4) is 0 Å². The summed E-state index contributed by atoms with van der Waals surface area (Å²) in [6.45, 7) is 7.33. The highest BCUT2D eigenvalue weighted by Crippen LogP contribution is 2.19. The lowest BCUT2D eigenvalue weighted by molar-refractivity contribution is -0.121. The van der Waals surface area contributed by atoms with Gasteiger partial charge in [0, 0.05) is 13.0 Å². The molecule has 1 fully saturated rings. The van der Waals surface area contributed by atoms with Gasteiger partial charge in [-0.15, -0.1) is 12.4 Å². The molecular formula is C18H29ClN2O. The Balaban J connectivity index is 0.00000242. The quantitative estimate of drug-likeness (QED) is 0.808. The van der Waals surface area contributed by atoms with Gasteiger partial charge in [0.15, 0.2) is 0 Å². The number of hydrogen-bond acceptors (Lipinski definition) is 2. The summed E-state index contributed by atoms with van der Waals surface area (Å²) in [5.41, 5.74) is 2.60. The lowest BCUT2D eigenvalue weighted by Crippen LogP contribution is -2.27. The Morgan fingerprint density at radius 2 is 2.09 bits per heavy atom. The second kappa shape index (κ2) is 9.86. The van der Waals surface area contributed by atoms with E-state index in [1.54, 1.807) is 0 Å². The molecule has 124 valence electrons. The number of halogens is 1. The molecule has 1 saturated heterocycles. The fourth-order valence-electron chi connectivity index (χ4n) is 2.93. The molecule has 1 aliphatic heterocycles. The summed E-state index contributed by atoms with van der Waals surface area (Å²) in [6.07, 6.45) is 3.98. The molecule has 1 aromatic carbocycles. The van der Waals surface area contributed by atoms with Gasteiger partial charge in [-0.2, -0.15) is 0 Å². The first-order valence-electron chi connectivity index (χ1n) is 8.25. The van der Waals surface area contributed by atoms with Crippen LogP contribution in [0.5, 0.6) is 0 Å². The largest absolute Gasteiger partial charge is 0.356 e. The van der Waals surface area contributed by atoms with E-state index in [-0.39, 0.29) is 24.2 Å². The standard InChI is InChI=1S/C18H28N2O.ClH/c1-3-15-4-6-17(7-5-15)14(2)12-18(21)20-11-9-16-8-10-19-13-16;/h4-7,14,16,19H,3,8-13H2,1-2H3,(H,20,21);1H. The van der Waals surface area contributed by atoms with Gasteiger partial charge in [0.05, 0.1) is 0 Å². The molecule has 2 unspecified atom stereocenters. The predicted octanol–water partition coefficient (Wildman–Crippen LogP) is 3.28. The predicted molar refractivity (Wildman–Crippen MR) is 94.7 cm³/mol. The Morgan fingerprint density at radius 1 is 1.36 bits per heavy atom. The number of nitrogens with one attached hydrogen (secondary N) is 2. The number of aryl methyl sites for hydroxylation is 1. The highest BCUT2D eigenvalue weighted by Gasteiger charge is 2.15. The maximum Gasteiger partial charge on any atom is 0.220 e. The van der Waals surface area contributed by atoms with E-state index in [1.807, 2.05) is 0 Å². The zero-order valence-electron chi connectivity index (χ0n) is 13.7. The average Bonchev–Trinajstić information content (AvgIpc) is 3.00. The van der Waals surface area contributed by atoms with E-state index in [0.29, 0.717) is 6.42 Å². The molecule has 0 radical (unpaired) electrons. The molecule has 1 aliphatic rings. The van der Waals surface area contributed by atoms with Crippen molar-refractivity contribution in [2.45, 2.75) is 45.4 Å². The fourth-order valence-corrected chi connectivity index (χ4v) is 2.93. The van der Waals surface area contributed by atoms with Gasteiger partial charge in [-0.05, 0) is 55.3 Å². The Morgan fingerprint density at radius 3 is 2.68 bits per heavy atom. The highest BCUT2D eigenvalue weighted by atomic mass is 35.5. The van der Waals surface area contributed by atoms with Crippen LogP contribution < -0.4 is 10.6 Å². The van der Waals surface area contributed by atoms with Crippen LogP contribution in [0, 0.1) is 5.92 Å². The molecule has 3 nitrogen and oxygen atoms in total. The Hall–Kier alpha value is -1.06. The second-order valence-electron chi connectivity index (χ2n) is 6.20. The summed E-state index contributed by atoms with van der Waals surface area (Å²) < 4.78 is 0. The minimum Gasteiger partial charge on any atom is -0.356 e. The van der Waals surface area contributed by atoms with Gasteiger partial charge in [0.2, 0.25) is 5.91 Å². The molecule has 1 amide bonds. The van der Waals surface area contributed by atoms with Crippen molar-refractivity contribution in [2.75, 3.05) is 19.6 Å². The molecular weight excluding hydrogens is 296 g/mol. The van der Waals surface area contributed by atoms with Crippen LogP contribution in [-0.2, 0) is 11.2 Å². The number of carbonyl (C=O) groups is 1. The van der Waals surface area contributed by atoms with Gasteiger partial charge < -0.3 is 10.6 Å². The van der Waals surface area contributed by atoms with E-state index in [9.17, 15) is 4.79 Å². The minimum absolute atomic E-state index is 0. The monoisotopic (exact) mass is 324 g/mol. The van der Waals surface area contributed by atoms with Gasteiger partial charge in [-0.25, -0.2) is 0 Å². The molecule has 0 aliphatic carbocycles.